The lowest BCUT2D eigenvalue weighted by molar-refractivity contribution is 0.190. The summed E-state index contributed by atoms with van der Waals surface area (Å²) in [5.74, 6) is 0.334. The van der Waals surface area contributed by atoms with E-state index in [4.69, 9.17) is 0 Å². The zero-order valence-corrected chi connectivity index (χ0v) is 12.8. The molecule has 1 aliphatic rings. The van der Waals surface area contributed by atoms with Gasteiger partial charge in [0.05, 0.1) is 29.0 Å². The van der Waals surface area contributed by atoms with E-state index < -0.39 is 22.0 Å². The Kier molecular flexibility index (Phi) is 3.19. The minimum Gasteiger partial charge on any atom is -0.390 e. The predicted octanol–water partition coefficient (Wildman–Crippen LogP) is 0.878. The maximum absolute atomic E-state index is 11.5. The van der Waals surface area contributed by atoms with Crippen LogP contribution in [0.3, 0.4) is 0 Å². The van der Waals surface area contributed by atoms with Gasteiger partial charge in [0, 0.05) is 4.88 Å². The molecule has 0 spiro atoms. The summed E-state index contributed by atoms with van der Waals surface area (Å²) in [6.45, 7) is 4.00. The maximum Gasteiger partial charge on any atom is 0.155 e. The fourth-order valence-electron chi connectivity index (χ4n) is 2.43. The smallest absolute Gasteiger partial charge is 0.155 e. The van der Waals surface area contributed by atoms with Gasteiger partial charge in [-0.25, -0.2) is 18.4 Å². The molecule has 2 N–H and O–H groups in total. The van der Waals surface area contributed by atoms with Crippen molar-refractivity contribution in [3.63, 3.8) is 0 Å². The van der Waals surface area contributed by atoms with E-state index in [9.17, 15) is 13.5 Å². The lowest BCUT2D eigenvalue weighted by Crippen LogP contribution is -2.32. The Hall–Kier alpha value is -1.25. The number of thiophene rings is 1. The number of anilines is 1. The minimum absolute atomic E-state index is 0.0676. The summed E-state index contributed by atoms with van der Waals surface area (Å²) in [4.78, 5) is 10.5. The summed E-state index contributed by atoms with van der Waals surface area (Å²) >= 11 is 1.58. The first-order valence-electron chi connectivity index (χ1n) is 6.23. The molecule has 1 saturated heterocycles. The van der Waals surface area contributed by atoms with Gasteiger partial charge in [-0.1, -0.05) is 0 Å². The van der Waals surface area contributed by atoms with E-state index in [1.807, 2.05) is 13.8 Å². The zero-order chi connectivity index (χ0) is 14.5. The second-order valence-corrected chi connectivity index (χ2v) is 8.44. The fraction of sp³-hybridized carbons (Fsp3) is 0.500. The van der Waals surface area contributed by atoms with Crippen LogP contribution in [0, 0.1) is 13.8 Å². The van der Waals surface area contributed by atoms with E-state index in [0.717, 1.165) is 20.7 Å². The highest BCUT2D eigenvalue weighted by Gasteiger charge is 2.36. The quantitative estimate of drug-likeness (QED) is 0.855. The van der Waals surface area contributed by atoms with E-state index in [1.165, 1.54) is 6.33 Å². The number of hydrogen-bond donors (Lipinski definition) is 2. The lowest BCUT2D eigenvalue weighted by atomic mass is 10.2. The highest BCUT2D eigenvalue weighted by Crippen LogP contribution is 2.33. The Balaban J connectivity index is 2.00. The number of aliphatic hydroxyl groups is 1. The van der Waals surface area contributed by atoms with Gasteiger partial charge in [0.25, 0.3) is 0 Å². The molecule has 0 aliphatic carbocycles. The number of aliphatic hydroxyl groups excluding tert-OH is 1. The molecule has 108 valence electrons. The van der Waals surface area contributed by atoms with Crippen LogP contribution in [0.1, 0.15) is 10.4 Å². The molecule has 0 saturated carbocycles. The number of nitrogens with one attached hydrogen (secondary N) is 1. The largest absolute Gasteiger partial charge is 0.390 e. The van der Waals surface area contributed by atoms with Crippen molar-refractivity contribution in [3.05, 3.63) is 16.8 Å². The second kappa shape index (κ2) is 4.64. The first-order chi connectivity index (χ1) is 9.37. The third kappa shape index (κ3) is 2.27. The average Bonchev–Trinajstić information content (AvgIpc) is 2.77. The van der Waals surface area contributed by atoms with Gasteiger partial charge in [-0.3, -0.25) is 0 Å². The number of hydrogen-bond acceptors (Lipinski definition) is 7. The topological polar surface area (TPSA) is 92.2 Å². The van der Waals surface area contributed by atoms with Gasteiger partial charge in [-0.05, 0) is 19.4 Å². The monoisotopic (exact) mass is 313 g/mol. The number of rotatable bonds is 2. The molecule has 6 nitrogen and oxygen atoms in total. The van der Waals surface area contributed by atoms with Crippen molar-refractivity contribution < 1.29 is 13.5 Å². The SMILES string of the molecule is Cc1sc2ncnc(N[C@@H]3CS(=O)(=O)C[C@H]3O)c2c1C. The summed E-state index contributed by atoms with van der Waals surface area (Å²) in [5, 5.41) is 13.8. The molecule has 0 amide bonds. The standard InChI is InChI=1S/C12H15N3O3S2/c1-6-7(2)19-12-10(6)11(13-5-14-12)15-8-3-20(17,18)4-9(8)16/h5,8-9,16H,3-4H2,1-2H3,(H,13,14,15)/t8-,9-/m1/s1. The van der Waals surface area contributed by atoms with Crippen LogP contribution in [0.4, 0.5) is 5.82 Å². The summed E-state index contributed by atoms with van der Waals surface area (Å²) < 4.78 is 23.1. The molecule has 1 fully saturated rings. The Morgan fingerprint density at radius 3 is 2.75 bits per heavy atom. The van der Waals surface area contributed by atoms with Crippen LogP contribution in [0.2, 0.25) is 0 Å². The van der Waals surface area contributed by atoms with Gasteiger partial charge in [-0.15, -0.1) is 11.3 Å². The molecule has 2 atom stereocenters. The van der Waals surface area contributed by atoms with Gasteiger partial charge in [0.2, 0.25) is 0 Å². The Labute approximate surface area is 120 Å². The number of aryl methyl sites for hydroxylation is 2. The third-order valence-electron chi connectivity index (χ3n) is 3.61. The summed E-state index contributed by atoms with van der Waals surface area (Å²) in [5.41, 5.74) is 1.09. The van der Waals surface area contributed by atoms with Crippen LogP contribution in [-0.4, -0.2) is 47.1 Å². The van der Waals surface area contributed by atoms with Crippen molar-refractivity contribution in [2.45, 2.75) is 26.0 Å². The highest BCUT2D eigenvalue weighted by atomic mass is 32.2. The van der Waals surface area contributed by atoms with Crippen molar-refractivity contribution in [2.24, 2.45) is 0 Å². The van der Waals surface area contributed by atoms with Crippen molar-refractivity contribution >= 4 is 37.2 Å². The highest BCUT2D eigenvalue weighted by molar-refractivity contribution is 7.91. The molecule has 20 heavy (non-hydrogen) atoms. The van der Waals surface area contributed by atoms with E-state index in [-0.39, 0.29) is 11.5 Å². The molecular weight excluding hydrogens is 298 g/mol. The number of nitrogens with zero attached hydrogens (tertiary/aromatic N) is 2. The maximum atomic E-state index is 11.5. The molecule has 3 rings (SSSR count). The second-order valence-electron chi connectivity index (χ2n) is 5.08. The van der Waals surface area contributed by atoms with Crippen molar-refractivity contribution in [3.8, 4) is 0 Å². The molecule has 0 bridgehead atoms. The zero-order valence-electron chi connectivity index (χ0n) is 11.1. The minimum atomic E-state index is -3.18. The number of sulfone groups is 1. The molecule has 8 heteroatoms. The first-order valence-corrected chi connectivity index (χ1v) is 8.87. The van der Waals surface area contributed by atoms with E-state index in [2.05, 4.69) is 15.3 Å². The lowest BCUT2D eigenvalue weighted by Gasteiger charge is -2.16. The molecular formula is C12H15N3O3S2. The predicted molar refractivity (Wildman–Crippen MR) is 79.0 cm³/mol. The Bertz CT molecular complexity index is 770. The van der Waals surface area contributed by atoms with Crippen LogP contribution >= 0.6 is 11.3 Å². The van der Waals surface area contributed by atoms with Crippen LogP contribution < -0.4 is 5.32 Å². The third-order valence-corrected chi connectivity index (χ3v) is 6.44. The van der Waals surface area contributed by atoms with Crippen molar-refractivity contribution in [2.75, 3.05) is 16.8 Å². The molecule has 2 aromatic rings. The van der Waals surface area contributed by atoms with Crippen LogP contribution in [0.5, 0.6) is 0 Å². The fourth-order valence-corrected chi connectivity index (χ4v) is 5.17. The molecule has 2 aromatic heterocycles. The Morgan fingerprint density at radius 1 is 1.35 bits per heavy atom. The Morgan fingerprint density at radius 2 is 2.10 bits per heavy atom. The summed E-state index contributed by atoms with van der Waals surface area (Å²) in [6.07, 6.45) is 0.556. The molecule has 0 aromatic carbocycles. The first kappa shape index (κ1) is 13.7. The van der Waals surface area contributed by atoms with Crippen molar-refractivity contribution in [1.29, 1.82) is 0 Å². The molecule has 0 unspecified atom stereocenters. The normalized spacial score (nSPS) is 25.1. The number of aromatic nitrogens is 2. The summed E-state index contributed by atoms with van der Waals surface area (Å²) in [6, 6.07) is -0.516. The molecule has 0 radical (unpaired) electrons. The van der Waals surface area contributed by atoms with Gasteiger partial charge in [0.1, 0.15) is 17.0 Å². The van der Waals surface area contributed by atoms with Gasteiger partial charge >= 0.3 is 0 Å². The molecule has 1 aliphatic heterocycles. The van der Waals surface area contributed by atoms with Gasteiger partial charge in [0.15, 0.2) is 9.84 Å². The van der Waals surface area contributed by atoms with Gasteiger partial charge < -0.3 is 10.4 Å². The molecule has 3 heterocycles. The number of fused-ring (bicyclic) bond motifs is 1. The summed E-state index contributed by atoms with van der Waals surface area (Å²) in [7, 11) is -3.18. The van der Waals surface area contributed by atoms with Crippen LogP contribution in [0.15, 0.2) is 6.33 Å². The average molecular weight is 313 g/mol. The van der Waals surface area contributed by atoms with E-state index in [0.29, 0.717) is 5.82 Å². The van der Waals surface area contributed by atoms with Gasteiger partial charge in [-0.2, -0.15) is 0 Å². The van der Waals surface area contributed by atoms with Crippen LogP contribution in [0.25, 0.3) is 10.2 Å². The van der Waals surface area contributed by atoms with E-state index >= 15 is 0 Å². The van der Waals surface area contributed by atoms with Crippen molar-refractivity contribution in [1.82, 2.24) is 9.97 Å². The van der Waals surface area contributed by atoms with Crippen LogP contribution in [-0.2, 0) is 9.84 Å². The van der Waals surface area contributed by atoms with E-state index in [1.54, 1.807) is 11.3 Å².